The number of carbonyl (C=O) groups excluding carboxylic acids is 1. The monoisotopic (exact) mass is 432 g/mol. The van der Waals surface area contributed by atoms with E-state index in [0.29, 0.717) is 24.4 Å². The van der Waals surface area contributed by atoms with Crippen molar-refractivity contribution >= 4 is 43.4 Å². The van der Waals surface area contributed by atoms with Crippen molar-refractivity contribution in [2.75, 3.05) is 37.7 Å². The van der Waals surface area contributed by atoms with Crippen molar-refractivity contribution < 1.29 is 17.9 Å². The zero-order chi connectivity index (χ0) is 20.4. The van der Waals surface area contributed by atoms with Crippen molar-refractivity contribution in [3.8, 4) is 0 Å². The highest BCUT2D eigenvalue weighted by Crippen LogP contribution is 2.37. The second-order valence-corrected chi connectivity index (χ2v) is 9.34. The summed E-state index contributed by atoms with van der Waals surface area (Å²) in [5.74, 6) is -0.0265. The van der Waals surface area contributed by atoms with Gasteiger partial charge in [-0.15, -0.1) is 11.3 Å². The van der Waals surface area contributed by atoms with E-state index < -0.39 is 16.0 Å². The number of nitrogens with zero attached hydrogens (tertiary/aromatic N) is 4. The summed E-state index contributed by atoms with van der Waals surface area (Å²) in [6.07, 6.45) is 3.32. The zero-order valence-corrected chi connectivity index (χ0v) is 17.4. The van der Waals surface area contributed by atoms with Gasteiger partial charge in [0.1, 0.15) is 9.77 Å². The standard InChI is InChI=1S/C19H20N4O4S2/c1-2-27-18(24)16-17(14-6-3-4-7-15(14)28-16)29(25,26)23-12-10-22(11-13-23)19-20-8-5-9-21-19/h3-9H,2,10-13H2,1H3. The normalized spacial score (nSPS) is 15.6. The molecule has 1 saturated heterocycles. The lowest BCUT2D eigenvalue weighted by Crippen LogP contribution is -2.49. The highest BCUT2D eigenvalue weighted by molar-refractivity contribution is 7.89. The largest absolute Gasteiger partial charge is 0.462 e. The molecule has 0 radical (unpaired) electrons. The van der Waals surface area contributed by atoms with Crippen LogP contribution in [-0.4, -0.2) is 61.4 Å². The molecule has 1 fully saturated rings. The first-order chi connectivity index (χ1) is 14.0. The number of hydrogen-bond donors (Lipinski definition) is 0. The average molecular weight is 433 g/mol. The Bertz CT molecular complexity index is 1120. The number of anilines is 1. The minimum atomic E-state index is -3.87. The number of carbonyl (C=O) groups is 1. The zero-order valence-electron chi connectivity index (χ0n) is 15.8. The van der Waals surface area contributed by atoms with E-state index in [4.69, 9.17) is 4.74 Å². The molecule has 0 aliphatic carbocycles. The molecule has 3 heterocycles. The van der Waals surface area contributed by atoms with Crippen molar-refractivity contribution in [3.05, 3.63) is 47.6 Å². The van der Waals surface area contributed by atoms with Crippen LogP contribution in [0.4, 0.5) is 5.95 Å². The van der Waals surface area contributed by atoms with Crippen molar-refractivity contribution in [1.82, 2.24) is 14.3 Å². The van der Waals surface area contributed by atoms with Crippen LogP contribution in [0, 0.1) is 0 Å². The molecule has 1 aliphatic rings. The summed E-state index contributed by atoms with van der Waals surface area (Å²) in [6, 6.07) is 8.88. The fourth-order valence-corrected chi connectivity index (χ4v) is 6.49. The Morgan fingerprint density at radius 3 is 2.48 bits per heavy atom. The maximum Gasteiger partial charge on any atom is 0.349 e. The predicted octanol–water partition coefficient (Wildman–Crippen LogP) is 2.38. The molecule has 0 spiro atoms. The minimum Gasteiger partial charge on any atom is -0.462 e. The van der Waals surface area contributed by atoms with Gasteiger partial charge in [0, 0.05) is 48.7 Å². The molecular weight excluding hydrogens is 412 g/mol. The summed E-state index contributed by atoms with van der Waals surface area (Å²) in [7, 11) is -3.87. The molecule has 2 aromatic heterocycles. The van der Waals surface area contributed by atoms with Crippen LogP contribution in [0.1, 0.15) is 16.6 Å². The van der Waals surface area contributed by atoms with Gasteiger partial charge >= 0.3 is 5.97 Å². The quantitative estimate of drug-likeness (QED) is 0.572. The molecule has 8 nitrogen and oxygen atoms in total. The molecule has 29 heavy (non-hydrogen) atoms. The average Bonchev–Trinajstić information content (AvgIpc) is 3.15. The first kappa shape index (κ1) is 19.7. The SMILES string of the molecule is CCOC(=O)c1sc2ccccc2c1S(=O)(=O)N1CCN(c2ncccn2)CC1. The Morgan fingerprint density at radius 1 is 1.10 bits per heavy atom. The van der Waals surface area contributed by atoms with Crippen molar-refractivity contribution in [2.45, 2.75) is 11.8 Å². The summed E-state index contributed by atoms with van der Waals surface area (Å²) in [5, 5.41) is 0.550. The topological polar surface area (TPSA) is 92.7 Å². The number of ether oxygens (including phenoxy) is 1. The molecule has 0 bridgehead atoms. The molecular formula is C19H20N4O4S2. The van der Waals surface area contributed by atoms with E-state index in [2.05, 4.69) is 9.97 Å². The van der Waals surface area contributed by atoms with Gasteiger partial charge in [-0.1, -0.05) is 18.2 Å². The van der Waals surface area contributed by atoms with Gasteiger partial charge in [-0.3, -0.25) is 0 Å². The summed E-state index contributed by atoms with van der Waals surface area (Å²) in [4.78, 5) is 23.1. The maximum atomic E-state index is 13.5. The first-order valence-electron chi connectivity index (χ1n) is 9.23. The number of piperazine rings is 1. The third-order valence-corrected chi connectivity index (χ3v) is 7.95. The summed E-state index contributed by atoms with van der Waals surface area (Å²) < 4.78 is 34.3. The van der Waals surface area contributed by atoms with Crippen LogP contribution in [0.5, 0.6) is 0 Å². The van der Waals surface area contributed by atoms with Gasteiger partial charge in [-0.2, -0.15) is 4.31 Å². The first-order valence-corrected chi connectivity index (χ1v) is 11.5. The lowest BCUT2D eigenvalue weighted by Gasteiger charge is -2.33. The molecule has 1 aliphatic heterocycles. The smallest absolute Gasteiger partial charge is 0.349 e. The Balaban J connectivity index is 1.66. The highest BCUT2D eigenvalue weighted by Gasteiger charge is 2.35. The van der Waals surface area contributed by atoms with E-state index in [1.807, 2.05) is 17.0 Å². The lowest BCUT2D eigenvalue weighted by molar-refractivity contribution is 0.0528. The molecule has 0 unspecified atom stereocenters. The van der Waals surface area contributed by atoms with Crippen LogP contribution >= 0.6 is 11.3 Å². The Hall–Kier alpha value is -2.56. The molecule has 0 saturated carbocycles. The van der Waals surface area contributed by atoms with Crippen molar-refractivity contribution in [2.24, 2.45) is 0 Å². The Morgan fingerprint density at radius 2 is 1.79 bits per heavy atom. The number of esters is 1. The van der Waals surface area contributed by atoms with E-state index in [1.165, 1.54) is 4.31 Å². The molecule has 10 heteroatoms. The fraction of sp³-hybridized carbons (Fsp3) is 0.316. The van der Waals surface area contributed by atoms with E-state index in [1.54, 1.807) is 37.5 Å². The Kier molecular flexibility index (Phi) is 5.48. The number of aromatic nitrogens is 2. The van der Waals surface area contributed by atoms with Gasteiger partial charge in [0.05, 0.1) is 6.61 Å². The molecule has 152 valence electrons. The van der Waals surface area contributed by atoms with E-state index in [0.717, 1.165) is 16.0 Å². The molecule has 0 amide bonds. The van der Waals surface area contributed by atoms with Crippen LogP contribution in [0.25, 0.3) is 10.1 Å². The van der Waals surface area contributed by atoms with Gasteiger partial charge in [0.15, 0.2) is 0 Å². The van der Waals surface area contributed by atoms with Crippen LogP contribution in [-0.2, 0) is 14.8 Å². The summed E-state index contributed by atoms with van der Waals surface area (Å²) >= 11 is 1.15. The third-order valence-electron chi connectivity index (χ3n) is 4.68. The molecule has 3 aromatic rings. The minimum absolute atomic E-state index is 0.0426. The van der Waals surface area contributed by atoms with Gasteiger partial charge in [-0.05, 0) is 19.1 Å². The number of thiophene rings is 1. The van der Waals surface area contributed by atoms with Gasteiger partial charge < -0.3 is 9.64 Å². The van der Waals surface area contributed by atoms with Crippen molar-refractivity contribution in [3.63, 3.8) is 0 Å². The van der Waals surface area contributed by atoms with Gasteiger partial charge in [0.25, 0.3) is 0 Å². The number of fused-ring (bicyclic) bond motifs is 1. The fourth-order valence-electron chi connectivity index (χ4n) is 3.32. The second-order valence-electron chi connectivity index (χ2n) is 6.42. The highest BCUT2D eigenvalue weighted by atomic mass is 32.2. The van der Waals surface area contributed by atoms with Crippen LogP contribution in [0.3, 0.4) is 0 Å². The van der Waals surface area contributed by atoms with Crippen LogP contribution in [0.2, 0.25) is 0 Å². The number of sulfonamides is 1. The second kappa shape index (κ2) is 8.05. The van der Waals surface area contributed by atoms with Gasteiger partial charge in [0.2, 0.25) is 16.0 Å². The third kappa shape index (κ3) is 3.70. The molecule has 4 rings (SSSR count). The lowest BCUT2D eigenvalue weighted by atomic mass is 10.2. The van der Waals surface area contributed by atoms with Crippen LogP contribution < -0.4 is 4.90 Å². The van der Waals surface area contributed by atoms with E-state index in [-0.39, 0.29) is 29.5 Å². The van der Waals surface area contributed by atoms with E-state index in [9.17, 15) is 13.2 Å². The number of benzene rings is 1. The summed E-state index contributed by atoms with van der Waals surface area (Å²) in [5.41, 5.74) is 0. The number of rotatable bonds is 5. The van der Waals surface area contributed by atoms with E-state index >= 15 is 0 Å². The van der Waals surface area contributed by atoms with Crippen molar-refractivity contribution in [1.29, 1.82) is 0 Å². The summed E-state index contributed by atoms with van der Waals surface area (Å²) in [6.45, 7) is 3.40. The predicted molar refractivity (Wildman–Crippen MR) is 111 cm³/mol. The number of hydrogen-bond acceptors (Lipinski definition) is 8. The van der Waals surface area contributed by atoms with Gasteiger partial charge in [-0.25, -0.2) is 23.2 Å². The van der Waals surface area contributed by atoms with Crippen LogP contribution in [0.15, 0.2) is 47.6 Å². The molecule has 1 aromatic carbocycles. The molecule has 0 N–H and O–H groups in total. The maximum absolute atomic E-state index is 13.5. The molecule has 0 atom stereocenters. The Labute approximate surface area is 172 Å².